The van der Waals surface area contributed by atoms with Gasteiger partial charge >= 0.3 is 0 Å². The highest BCUT2D eigenvalue weighted by Gasteiger charge is 2.76. The van der Waals surface area contributed by atoms with Crippen molar-refractivity contribution in [2.24, 2.45) is 35.0 Å². The molecule has 0 aromatic rings. The standard InChI is InChI=1S/C12H18/c1-7-10-5-4-8-2-3-9-6-11(7)12(8,9)10/h7-11H,2-6H2,1H3/t7?,8-,9?,10?,11?,12?/m1/s1. The van der Waals surface area contributed by atoms with E-state index in [4.69, 9.17) is 0 Å². The first-order chi connectivity index (χ1) is 5.85. The molecule has 4 saturated carbocycles. The van der Waals surface area contributed by atoms with Crippen molar-refractivity contribution in [3.63, 3.8) is 0 Å². The normalized spacial score (nSPS) is 71.2. The van der Waals surface area contributed by atoms with E-state index in [0.717, 1.165) is 11.3 Å². The van der Waals surface area contributed by atoms with Gasteiger partial charge < -0.3 is 0 Å². The van der Waals surface area contributed by atoms with Crippen LogP contribution in [0.2, 0.25) is 0 Å². The molecule has 4 fully saturated rings. The second-order valence-corrected chi connectivity index (χ2v) is 5.86. The lowest BCUT2D eigenvalue weighted by molar-refractivity contribution is -0.224. The van der Waals surface area contributed by atoms with Crippen LogP contribution in [0.25, 0.3) is 0 Å². The van der Waals surface area contributed by atoms with Gasteiger partial charge in [0.1, 0.15) is 0 Å². The fraction of sp³-hybridized carbons (Fsp3) is 1.00. The molecule has 0 aromatic carbocycles. The lowest BCUT2D eigenvalue weighted by Gasteiger charge is -2.70. The van der Waals surface area contributed by atoms with Crippen molar-refractivity contribution in [2.45, 2.75) is 39.0 Å². The van der Waals surface area contributed by atoms with E-state index in [1.54, 1.807) is 32.1 Å². The minimum Gasteiger partial charge on any atom is -0.0619 e. The summed E-state index contributed by atoms with van der Waals surface area (Å²) in [5, 5.41) is 0. The van der Waals surface area contributed by atoms with Gasteiger partial charge in [0.05, 0.1) is 0 Å². The van der Waals surface area contributed by atoms with Crippen LogP contribution in [0.5, 0.6) is 0 Å². The molecule has 66 valence electrons. The summed E-state index contributed by atoms with van der Waals surface area (Å²) in [6.45, 7) is 2.53. The Kier molecular flexibility index (Phi) is 0.875. The fourth-order valence-corrected chi connectivity index (χ4v) is 5.97. The van der Waals surface area contributed by atoms with Crippen molar-refractivity contribution in [3.05, 3.63) is 0 Å². The van der Waals surface area contributed by atoms with Crippen molar-refractivity contribution in [1.29, 1.82) is 0 Å². The topological polar surface area (TPSA) is 0 Å². The molecule has 4 rings (SSSR count). The summed E-state index contributed by atoms with van der Waals surface area (Å²) >= 11 is 0. The van der Waals surface area contributed by atoms with Crippen LogP contribution >= 0.6 is 0 Å². The summed E-state index contributed by atoms with van der Waals surface area (Å²) in [6, 6.07) is 0. The van der Waals surface area contributed by atoms with Crippen LogP contribution in [-0.2, 0) is 0 Å². The predicted octanol–water partition coefficient (Wildman–Crippen LogP) is 3.08. The molecule has 0 nitrogen and oxygen atoms in total. The van der Waals surface area contributed by atoms with Crippen LogP contribution in [0.3, 0.4) is 0 Å². The molecule has 0 aliphatic heterocycles. The maximum atomic E-state index is 2.53. The van der Waals surface area contributed by atoms with Crippen molar-refractivity contribution in [2.75, 3.05) is 0 Å². The summed E-state index contributed by atoms with van der Waals surface area (Å²) in [6.07, 6.45) is 8.02. The zero-order valence-electron chi connectivity index (χ0n) is 7.92. The van der Waals surface area contributed by atoms with Gasteiger partial charge in [-0.15, -0.1) is 0 Å². The summed E-state index contributed by atoms with van der Waals surface area (Å²) in [7, 11) is 0. The lowest BCUT2D eigenvalue weighted by atomic mass is 9.34. The Bertz CT molecular complexity index is 244. The minimum absolute atomic E-state index is 0.972. The maximum Gasteiger partial charge on any atom is -0.0179 e. The molecule has 5 unspecified atom stereocenters. The molecule has 0 N–H and O–H groups in total. The van der Waals surface area contributed by atoms with E-state index in [2.05, 4.69) is 6.92 Å². The van der Waals surface area contributed by atoms with Crippen LogP contribution in [0.4, 0.5) is 0 Å². The van der Waals surface area contributed by atoms with Gasteiger partial charge in [0.15, 0.2) is 0 Å². The van der Waals surface area contributed by atoms with Crippen LogP contribution in [0, 0.1) is 35.0 Å². The van der Waals surface area contributed by atoms with E-state index in [9.17, 15) is 0 Å². The zero-order valence-corrected chi connectivity index (χ0v) is 7.92. The van der Waals surface area contributed by atoms with Gasteiger partial charge in [-0.2, -0.15) is 0 Å². The average Bonchev–Trinajstić information content (AvgIpc) is 2.54. The van der Waals surface area contributed by atoms with Gasteiger partial charge in [-0.05, 0) is 67.1 Å². The number of hydrogen-bond donors (Lipinski definition) is 0. The molecule has 0 heteroatoms. The van der Waals surface area contributed by atoms with Gasteiger partial charge in [-0.3, -0.25) is 0 Å². The number of hydrogen-bond acceptors (Lipinski definition) is 0. The van der Waals surface area contributed by atoms with Crippen LogP contribution < -0.4 is 0 Å². The zero-order chi connectivity index (χ0) is 7.92. The van der Waals surface area contributed by atoms with Gasteiger partial charge in [0.25, 0.3) is 0 Å². The van der Waals surface area contributed by atoms with E-state index < -0.39 is 0 Å². The molecule has 0 amide bonds. The Morgan fingerprint density at radius 1 is 0.917 bits per heavy atom. The molecule has 12 heavy (non-hydrogen) atoms. The highest BCUT2D eigenvalue weighted by molar-refractivity contribution is 5.24. The fourth-order valence-electron chi connectivity index (χ4n) is 5.97. The highest BCUT2D eigenvalue weighted by Crippen LogP contribution is 2.82. The van der Waals surface area contributed by atoms with Crippen molar-refractivity contribution < 1.29 is 0 Å². The van der Waals surface area contributed by atoms with Gasteiger partial charge in [-0.25, -0.2) is 0 Å². The molecule has 0 aromatic heterocycles. The smallest absolute Gasteiger partial charge is 0.0179 e. The molecule has 4 aliphatic carbocycles. The molecule has 4 aliphatic rings. The highest BCUT2D eigenvalue weighted by atomic mass is 14.8. The van der Waals surface area contributed by atoms with E-state index >= 15 is 0 Å². The first-order valence-corrected chi connectivity index (χ1v) is 5.85. The SMILES string of the molecule is CC1C2CC[C@H]3CCC4CC1C423. The maximum absolute atomic E-state index is 2.53. The minimum atomic E-state index is 0.972. The van der Waals surface area contributed by atoms with Crippen molar-refractivity contribution in [3.8, 4) is 0 Å². The third-order valence-corrected chi connectivity index (χ3v) is 6.20. The van der Waals surface area contributed by atoms with Crippen LogP contribution in [-0.4, -0.2) is 0 Å². The summed E-state index contributed by atoms with van der Waals surface area (Å²) in [4.78, 5) is 0. The molecule has 0 heterocycles. The van der Waals surface area contributed by atoms with E-state index in [1.165, 1.54) is 23.7 Å². The summed E-state index contributed by atoms with van der Waals surface area (Å²) in [5.74, 6) is 5.90. The molecule has 0 saturated heterocycles. The summed E-state index contributed by atoms with van der Waals surface area (Å²) < 4.78 is 0. The van der Waals surface area contributed by atoms with Crippen LogP contribution in [0.15, 0.2) is 0 Å². The molecule has 0 bridgehead atoms. The van der Waals surface area contributed by atoms with E-state index in [0.29, 0.717) is 0 Å². The van der Waals surface area contributed by atoms with Gasteiger partial charge in [0.2, 0.25) is 0 Å². The molecular formula is C12H18. The molecule has 6 atom stereocenters. The Morgan fingerprint density at radius 2 is 1.67 bits per heavy atom. The molecule has 1 spiro atoms. The monoisotopic (exact) mass is 162 g/mol. The first-order valence-electron chi connectivity index (χ1n) is 5.85. The van der Waals surface area contributed by atoms with E-state index in [-0.39, 0.29) is 0 Å². The number of rotatable bonds is 0. The Morgan fingerprint density at radius 3 is 2.58 bits per heavy atom. The largest absolute Gasteiger partial charge is 0.0619 e. The predicted molar refractivity (Wildman–Crippen MR) is 48.6 cm³/mol. The molecule has 0 radical (unpaired) electrons. The lowest BCUT2D eigenvalue weighted by Crippen LogP contribution is -2.65. The third kappa shape index (κ3) is 0.383. The quantitative estimate of drug-likeness (QED) is 0.513. The van der Waals surface area contributed by atoms with Crippen molar-refractivity contribution in [1.82, 2.24) is 0 Å². The van der Waals surface area contributed by atoms with Crippen molar-refractivity contribution >= 4 is 0 Å². The summed E-state index contributed by atoms with van der Waals surface area (Å²) in [5.41, 5.74) is 0.972. The average molecular weight is 162 g/mol. The second kappa shape index (κ2) is 1.63. The Labute approximate surface area is 74.7 Å². The first kappa shape index (κ1) is 6.45. The molecular weight excluding hydrogens is 144 g/mol. The third-order valence-electron chi connectivity index (χ3n) is 6.20. The van der Waals surface area contributed by atoms with Crippen LogP contribution in [0.1, 0.15) is 39.0 Å². The Balaban J connectivity index is 1.83. The van der Waals surface area contributed by atoms with Gasteiger partial charge in [-0.1, -0.05) is 6.92 Å². The Hall–Kier alpha value is 0. The second-order valence-electron chi connectivity index (χ2n) is 5.86. The van der Waals surface area contributed by atoms with E-state index in [1.807, 2.05) is 0 Å². The van der Waals surface area contributed by atoms with Gasteiger partial charge in [0, 0.05) is 0 Å².